The van der Waals surface area contributed by atoms with E-state index in [4.69, 9.17) is 0 Å². The molecule has 0 amide bonds. The van der Waals surface area contributed by atoms with Crippen molar-refractivity contribution in [3.05, 3.63) is 24.3 Å². The van der Waals surface area contributed by atoms with E-state index >= 15 is 0 Å². The Morgan fingerprint density at radius 2 is 2.12 bits per heavy atom. The van der Waals surface area contributed by atoms with Gasteiger partial charge in [0, 0.05) is 18.6 Å². The molecule has 0 bridgehead atoms. The van der Waals surface area contributed by atoms with Gasteiger partial charge >= 0.3 is 0 Å². The summed E-state index contributed by atoms with van der Waals surface area (Å²) in [7, 11) is 0. The quantitative estimate of drug-likeness (QED) is 0.849. The van der Waals surface area contributed by atoms with E-state index in [2.05, 4.69) is 29.1 Å². The Morgan fingerprint density at radius 3 is 2.71 bits per heavy atom. The summed E-state index contributed by atoms with van der Waals surface area (Å²) in [5.74, 6) is 0. The Balaban J connectivity index is 2.18. The van der Waals surface area contributed by atoms with Crippen LogP contribution in [0.4, 0.5) is 0 Å². The van der Waals surface area contributed by atoms with Gasteiger partial charge in [0.25, 0.3) is 0 Å². The van der Waals surface area contributed by atoms with Crippen molar-refractivity contribution in [1.29, 1.82) is 0 Å². The Hall–Kier alpha value is -0.960. The fourth-order valence-corrected chi connectivity index (χ4v) is 2.93. The van der Waals surface area contributed by atoms with Gasteiger partial charge < -0.3 is 5.32 Å². The fraction of sp³-hybridized carbons (Fsp3) is 0.714. The number of hydrogen-bond acceptors (Lipinski definition) is 3. The summed E-state index contributed by atoms with van der Waals surface area (Å²) >= 11 is 0. The van der Waals surface area contributed by atoms with Crippen LogP contribution >= 0.6 is 0 Å². The summed E-state index contributed by atoms with van der Waals surface area (Å²) in [5, 5.41) is 3.67. The third-order valence-electron chi connectivity index (χ3n) is 3.92. The van der Waals surface area contributed by atoms with Crippen LogP contribution in [0, 0.1) is 5.41 Å². The molecule has 0 saturated heterocycles. The number of nitrogens with zero attached hydrogens (tertiary/aromatic N) is 2. The zero-order chi connectivity index (χ0) is 12.1. The zero-order valence-corrected chi connectivity index (χ0v) is 10.9. The smallest absolute Gasteiger partial charge is 0.0761 e. The van der Waals surface area contributed by atoms with E-state index in [1.807, 2.05) is 6.20 Å². The zero-order valence-electron chi connectivity index (χ0n) is 10.9. The summed E-state index contributed by atoms with van der Waals surface area (Å²) in [6.45, 7) is 5.65. The normalized spacial score (nSPS) is 20.4. The minimum Gasteiger partial charge on any atom is -0.308 e. The minimum absolute atomic E-state index is 0.352. The molecule has 1 N–H and O–H groups in total. The second-order valence-electron chi connectivity index (χ2n) is 5.38. The first-order valence-corrected chi connectivity index (χ1v) is 6.75. The second kappa shape index (κ2) is 5.58. The van der Waals surface area contributed by atoms with E-state index in [0.717, 1.165) is 18.7 Å². The van der Waals surface area contributed by atoms with Gasteiger partial charge in [-0.05, 0) is 31.2 Å². The molecule has 1 aliphatic rings. The number of aromatic nitrogens is 2. The van der Waals surface area contributed by atoms with E-state index in [1.165, 1.54) is 25.7 Å². The van der Waals surface area contributed by atoms with Crippen LogP contribution in [0.5, 0.6) is 0 Å². The first kappa shape index (κ1) is 12.5. The van der Waals surface area contributed by atoms with Gasteiger partial charge in [-0.3, -0.25) is 9.97 Å². The van der Waals surface area contributed by atoms with Crippen molar-refractivity contribution >= 4 is 0 Å². The van der Waals surface area contributed by atoms with E-state index in [0.29, 0.717) is 11.5 Å². The highest BCUT2D eigenvalue weighted by molar-refractivity contribution is 5.09. The number of nitrogens with one attached hydrogen (secondary N) is 1. The van der Waals surface area contributed by atoms with Gasteiger partial charge in [-0.2, -0.15) is 0 Å². The van der Waals surface area contributed by atoms with Crippen LogP contribution in [0.25, 0.3) is 0 Å². The van der Waals surface area contributed by atoms with E-state index < -0.39 is 0 Å². The van der Waals surface area contributed by atoms with Gasteiger partial charge in [0.05, 0.1) is 11.7 Å². The molecular weight excluding hydrogens is 210 g/mol. The molecule has 1 aliphatic carbocycles. The average Bonchev–Trinajstić information content (AvgIpc) is 2.79. The van der Waals surface area contributed by atoms with Crippen LogP contribution in [0.3, 0.4) is 0 Å². The SMILES string of the molecule is CCCNC(c1cnccn1)C1(C)CCCC1. The van der Waals surface area contributed by atoms with Crippen molar-refractivity contribution in [2.45, 2.75) is 52.0 Å². The largest absolute Gasteiger partial charge is 0.308 e. The van der Waals surface area contributed by atoms with Crippen LogP contribution in [-0.2, 0) is 0 Å². The van der Waals surface area contributed by atoms with Crippen molar-refractivity contribution in [3.63, 3.8) is 0 Å². The van der Waals surface area contributed by atoms with Gasteiger partial charge in [-0.1, -0.05) is 26.7 Å². The fourth-order valence-electron chi connectivity index (χ4n) is 2.93. The molecular formula is C14H23N3. The van der Waals surface area contributed by atoms with Gasteiger partial charge in [0.1, 0.15) is 0 Å². The summed E-state index contributed by atoms with van der Waals surface area (Å²) in [6.07, 6.45) is 11.9. The lowest BCUT2D eigenvalue weighted by molar-refractivity contribution is 0.219. The third-order valence-corrected chi connectivity index (χ3v) is 3.92. The Bertz CT molecular complexity index is 331. The van der Waals surface area contributed by atoms with Crippen molar-refractivity contribution < 1.29 is 0 Å². The summed E-state index contributed by atoms with van der Waals surface area (Å²) in [5.41, 5.74) is 1.45. The molecule has 1 saturated carbocycles. The van der Waals surface area contributed by atoms with Crippen molar-refractivity contribution in [1.82, 2.24) is 15.3 Å². The lowest BCUT2D eigenvalue weighted by atomic mass is 9.79. The maximum absolute atomic E-state index is 4.50. The standard InChI is InChI=1S/C14H23N3/c1-3-8-17-13(12-11-15-9-10-16-12)14(2)6-4-5-7-14/h9-11,13,17H,3-8H2,1-2H3. The Labute approximate surface area is 104 Å². The van der Waals surface area contributed by atoms with E-state index in [9.17, 15) is 0 Å². The highest BCUT2D eigenvalue weighted by Crippen LogP contribution is 2.46. The first-order valence-electron chi connectivity index (χ1n) is 6.75. The van der Waals surface area contributed by atoms with Crippen LogP contribution < -0.4 is 5.32 Å². The predicted molar refractivity (Wildman–Crippen MR) is 69.6 cm³/mol. The molecule has 1 aromatic rings. The topological polar surface area (TPSA) is 37.8 Å². The van der Waals surface area contributed by atoms with Gasteiger partial charge in [0.15, 0.2) is 0 Å². The molecule has 94 valence electrons. The summed E-state index contributed by atoms with van der Waals surface area (Å²) < 4.78 is 0. The number of hydrogen-bond donors (Lipinski definition) is 1. The molecule has 1 heterocycles. The molecule has 0 radical (unpaired) electrons. The minimum atomic E-state index is 0.352. The molecule has 0 aromatic carbocycles. The van der Waals surface area contributed by atoms with Gasteiger partial charge in [-0.15, -0.1) is 0 Å². The lowest BCUT2D eigenvalue weighted by Crippen LogP contribution is -2.35. The van der Waals surface area contributed by atoms with Crippen molar-refractivity contribution in [2.24, 2.45) is 5.41 Å². The molecule has 1 aromatic heterocycles. The maximum Gasteiger partial charge on any atom is 0.0761 e. The first-order chi connectivity index (χ1) is 8.26. The maximum atomic E-state index is 4.50. The molecule has 1 unspecified atom stereocenters. The lowest BCUT2D eigenvalue weighted by Gasteiger charge is -2.34. The third kappa shape index (κ3) is 2.83. The summed E-state index contributed by atoms with van der Waals surface area (Å²) in [6, 6.07) is 0.360. The van der Waals surface area contributed by atoms with Crippen molar-refractivity contribution in [2.75, 3.05) is 6.54 Å². The van der Waals surface area contributed by atoms with Crippen LogP contribution in [-0.4, -0.2) is 16.5 Å². The monoisotopic (exact) mass is 233 g/mol. The van der Waals surface area contributed by atoms with Crippen LogP contribution in [0.15, 0.2) is 18.6 Å². The second-order valence-corrected chi connectivity index (χ2v) is 5.38. The Kier molecular flexibility index (Phi) is 4.11. The summed E-state index contributed by atoms with van der Waals surface area (Å²) in [4.78, 5) is 8.71. The molecule has 1 fully saturated rings. The van der Waals surface area contributed by atoms with Crippen LogP contribution in [0.1, 0.15) is 57.7 Å². The molecule has 2 rings (SSSR count). The van der Waals surface area contributed by atoms with Crippen molar-refractivity contribution in [3.8, 4) is 0 Å². The van der Waals surface area contributed by atoms with E-state index in [-0.39, 0.29) is 0 Å². The molecule has 0 aliphatic heterocycles. The van der Waals surface area contributed by atoms with Gasteiger partial charge in [0.2, 0.25) is 0 Å². The molecule has 3 nitrogen and oxygen atoms in total. The van der Waals surface area contributed by atoms with Gasteiger partial charge in [-0.25, -0.2) is 0 Å². The number of rotatable bonds is 5. The highest BCUT2D eigenvalue weighted by Gasteiger charge is 2.38. The predicted octanol–water partition coefficient (Wildman–Crippen LogP) is 3.10. The molecule has 0 spiro atoms. The highest BCUT2D eigenvalue weighted by atomic mass is 15.0. The average molecular weight is 233 g/mol. The molecule has 17 heavy (non-hydrogen) atoms. The molecule has 3 heteroatoms. The Morgan fingerprint density at radius 1 is 1.35 bits per heavy atom. The molecule has 1 atom stereocenters. The van der Waals surface area contributed by atoms with E-state index in [1.54, 1.807) is 12.4 Å². The van der Waals surface area contributed by atoms with Crippen LogP contribution in [0.2, 0.25) is 0 Å².